The van der Waals surface area contributed by atoms with Crippen molar-refractivity contribution in [2.75, 3.05) is 46.9 Å². The molecule has 0 bridgehead atoms. The molecule has 3 rings (SSSR count). The third-order valence-electron chi connectivity index (χ3n) is 5.28. The molecule has 6 nitrogen and oxygen atoms in total. The van der Waals surface area contributed by atoms with Crippen LogP contribution in [0.1, 0.15) is 18.1 Å². The van der Waals surface area contributed by atoms with E-state index >= 15 is 0 Å². The van der Waals surface area contributed by atoms with Gasteiger partial charge in [0.25, 0.3) is 0 Å². The first-order valence-corrected chi connectivity index (χ1v) is 9.97. The molecule has 28 heavy (non-hydrogen) atoms. The smallest absolute Gasteiger partial charge is 0.161 e. The van der Waals surface area contributed by atoms with Crippen LogP contribution in [-0.2, 0) is 13.2 Å². The van der Waals surface area contributed by atoms with Crippen LogP contribution in [0.2, 0.25) is 0 Å². The van der Waals surface area contributed by atoms with Gasteiger partial charge in [-0.05, 0) is 37.7 Å². The molecule has 1 fully saturated rings. The maximum atomic E-state index is 5.98. The Kier molecular flexibility index (Phi) is 7.65. The van der Waals surface area contributed by atoms with Crippen LogP contribution >= 0.6 is 0 Å². The monoisotopic (exact) mass is 384 g/mol. The van der Waals surface area contributed by atoms with Crippen LogP contribution < -0.4 is 14.8 Å². The molecule has 2 heterocycles. The summed E-state index contributed by atoms with van der Waals surface area (Å²) in [5, 5.41) is 3.59. The van der Waals surface area contributed by atoms with Crippen molar-refractivity contribution in [1.82, 2.24) is 20.1 Å². The van der Waals surface area contributed by atoms with Gasteiger partial charge in [-0.15, -0.1) is 0 Å². The lowest BCUT2D eigenvalue weighted by Crippen LogP contribution is -2.50. The molecule has 0 aliphatic carbocycles. The first-order valence-electron chi connectivity index (χ1n) is 9.97. The van der Waals surface area contributed by atoms with Gasteiger partial charge in [-0.1, -0.05) is 12.1 Å². The summed E-state index contributed by atoms with van der Waals surface area (Å²) in [5.41, 5.74) is 2.22. The van der Waals surface area contributed by atoms with Gasteiger partial charge in [0.15, 0.2) is 11.5 Å². The number of ether oxygens (including phenoxy) is 2. The van der Waals surface area contributed by atoms with Gasteiger partial charge in [0.05, 0.1) is 7.11 Å². The number of nitrogens with one attached hydrogen (secondary N) is 1. The van der Waals surface area contributed by atoms with E-state index in [4.69, 9.17) is 9.47 Å². The third-order valence-corrected chi connectivity index (χ3v) is 5.28. The molecule has 1 atom stereocenters. The van der Waals surface area contributed by atoms with Crippen molar-refractivity contribution in [3.8, 4) is 11.5 Å². The van der Waals surface area contributed by atoms with Gasteiger partial charge in [-0.25, -0.2) is 0 Å². The predicted molar refractivity (Wildman–Crippen MR) is 112 cm³/mol. The molecule has 1 saturated heterocycles. The lowest BCUT2D eigenvalue weighted by atomic mass is 10.2. The quantitative estimate of drug-likeness (QED) is 0.716. The first-order chi connectivity index (χ1) is 13.7. The maximum absolute atomic E-state index is 5.98. The molecule has 0 radical (unpaired) electrons. The van der Waals surface area contributed by atoms with Gasteiger partial charge in [-0.3, -0.25) is 9.88 Å². The van der Waals surface area contributed by atoms with Gasteiger partial charge in [0.1, 0.15) is 6.61 Å². The lowest BCUT2D eigenvalue weighted by molar-refractivity contribution is 0.118. The summed E-state index contributed by atoms with van der Waals surface area (Å²) in [6.07, 6.45) is 3.58. The Hall–Kier alpha value is -2.15. The first kappa shape index (κ1) is 20.6. The summed E-state index contributed by atoms with van der Waals surface area (Å²) >= 11 is 0. The van der Waals surface area contributed by atoms with Crippen LogP contribution in [0.5, 0.6) is 11.5 Å². The van der Waals surface area contributed by atoms with E-state index in [1.165, 1.54) is 5.56 Å². The van der Waals surface area contributed by atoms with Gasteiger partial charge in [0.2, 0.25) is 0 Å². The zero-order valence-corrected chi connectivity index (χ0v) is 17.2. The number of likely N-dealkylation sites (N-methyl/N-ethyl adjacent to an activating group) is 1. The molecule has 0 amide bonds. The van der Waals surface area contributed by atoms with Gasteiger partial charge >= 0.3 is 0 Å². The summed E-state index contributed by atoms with van der Waals surface area (Å²) < 4.78 is 11.4. The fraction of sp³-hybridized carbons (Fsp3) is 0.500. The van der Waals surface area contributed by atoms with E-state index in [9.17, 15) is 0 Å². The molecule has 0 spiro atoms. The minimum absolute atomic E-state index is 0.474. The van der Waals surface area contributed by atoms with E-state index in [-0.39, 0.29) is 0 Å². The van der Waals surface area contributed by atoms with Crippen LogP contribution in [0.3, 0.4) is 0 Å². The zero-order chi connectivity index (χ0) is 19.8. The maximum Gasteiger partial charge on any atom is 0.161 e. The van der Waals surface area contributed by atoms with Gasteiger partial charge < -0.3 is 19.7 Å². The molecule has 1 N–H and O–H groups in total. The standard InChI is InChI=1S/C22H32N4O2/c1-18(26-11-9-25(2)10-12-26)14-24-15-19-6-7-21(27-3)22(13-19)28-17-20-5-4-8-23-16-20/h4-8,13,16,18,24H,9-12,14-15,17H2,1-3H3. The van der Waals surface area contributed by atoms with Gasteiger partial charge in [-0.2, -0.15) is 0 Å². The second kappa shape index (κ2) is 10.4. The van der Waals surface area contributed by atoms with Crippen molar-refractivity contribution < 1.29 is 9.47 Å². The van der Waals surface area contributed by atoms with E-state index in [0.29, 0.717) is 12.6 Å². The molecule has 1 aromatic heterocycles. The van der Waals surface area contributed by atoms with E-state index in [0.717, 1.165) is 56.3 Å². The van der Waals surface area contributed by atoms with Crippen LogP contribution in [0.15, 0.2) is 42.7 Å². The molecule has 1 aliphatic rings. The lowest BCUT2D eigenvalue weighted by Gasteiger charge is -2.36. The largest absolute Gasteiger partial charge is 0.493 e. The molecule has 6 heteroatoms. The summed E-state index contributed by atoms with van der Waals surface area (Å²) in [4.78, 5) is 9.08. The summed E-state index contributed by atoms with van der Waals surface area (Å²) in [6.45, 7) is 9.16. The Morgan fingerprint density at radius 1 is 1.11 bits per heavy atom. The SMILES string of the molecule is COc1ccc(CNCC(C)N2CCN(C)CC2)cc1OCc1cccnc1. The molecule has 1 unspecified atom stereocenters. The number of methoxy groups -OCH3 is 1. The number of aromatic nitrogens is 1. The minimum atomic E-state index is 0.474. The molecule has 2 aromatic rings. The van der Waals surface area contributed by atoms with Crippen LogP contribution in [0.4, 0.5) is 0 Å². The number of piperazine rings is 1. The van der Waals surface area contributed by atoms with Crippen molar-refractivity contribution in [3.63, 3.8) is 0 Å². The fourth-order valence-electron chi connectivity index (χ4n) is 3.41. The molecular weight excluding hydrogens is 352 g/mol. The topological polar surface area (TPSA) is 49.9 Å². The normalized spacial score (nSPS) is 16.7. The highest BCUT2D eigenvalue weighted by molar-refractivity contribution is 5.43. The number of benzene rings is 1. The number of hydrogen-bond donors (Lipinski definition) is 1. The third kappa shape index (κ3) is 5.92. The zero-order valence-electron chi connectivity index (χ0n) is 17.2. The van der Waals surface area contributed by atoms with Crippen molar-refractivity contribution in [2.24, 2.45) is 0 Å². The highest BCUT2D eigenvalue weighted by Crippen LogP contribution is 2.28. The molecule has 1 aliphatic heterocycles. The number of rotatable bonds is 9. The van der Waals surface area contributed by atoms with Crippen molar-refractivity contribution in [1.29, 1.82) is 0 Å². The van der Waals surface area contributed by atoms with E-state index < -0.39 is 0 Å². The van der Waals surface area contributed by atoms with E-state index in [1.54, 1.807) is 13.3 Å². The Labute approximate surface area is 168 Å². The second-order valence-corrected chi connectivity index (χ2v) is 7.45. The van der Waals surface area contributed by atoms with Crippen LogP contribution in [0.25, 0.3) is 0 Å². The van der Waals surface area contributed by atoms with Crippen molar-refractivity contribution in [2.45, 2.75) is 26.1 Å². The van der Waals surface area contributed by atoms with Crippen LogP contribution in [0, 0.1) is 0 Å². The molecule has 1 aromatic carbocycles. The summed E-state index contributed by atoms with van der Waals surface area (Å²) in [5.74, 6) is 1.51. The summed E-state index contributed by atoms with van der Waals surface area (Å²) in [7, 11) is 3.86. The Bertz CT molecular complexity index is 718. The van der Waals surface area contributed by atoms with E-state index in [2.05, 4.69) is 46.2 Å². The Balaban J connectivity index is 1.51. The number of nitrogens with zero attached hydrogens (tertiary/aromatic N) is 3. The highest BCUT2D eigenvalue weighted by Gasteiger charge is 2.18. The number of pyridine rings is 1. The average Bonchev–Trinajstić information content (AvgIpc) is 2.73. The summed E-state index contributed by atoms with van der Waals surface area (Å²) in [6, 6.07) is 10.6. The molecule has 0 saturated carbocycles. The van der Waals surface area contributed by atoms with Crippen LogP contribution in [-0.4, -0.2) is 67.7 Å². The number of hydrogen-bond acceptors (Lipinski definition) is 6. The Morgan fingerprint density at radius 3 is 2.64 bits per heavy atom. The predicted octanol–water partition coefficient (Wildman–Crippen LogP) is 2.39. The fourth-order valence-corrected chi connectivity index (χ4v) is 3.41. The van der Waals surface area contributed by atoms with Gasteiger partial charge in [0, 0.05) is 63.3 Å². The Morgan fingerprint density at radius 2 is 1.93 bits per heavy atom. The average molecular weight is 385 g/mol. The molecule has 152 valence electrons. The second-order valence-electron chi connectivity index (χ2n) is 7.45. The molecular formula is C22H32N4O2. The minimum Gasteiger partial charge on any atom is -0.493 e. The highest BCUT2D eigenvalue weighted by atomic mass is 16.5. The van der Waals surface area contributed by atoms with Crippen molar-refractivity contribution >= 4 is 0 Å². The van der Waals surface area contributed by atoms with E-state index in [1.807, 2.05) is 24.4 Å². The van der Waals surface area contributed by atoms with Crippen molar-refractivity contribution in [3.05, 3.63) is 53.9 Å².